The van der Waals surface area contributed by atoms with Gasteiger partial charge in [-0.15, -0.1) is 0 Å². The van der Waals surface area contributed by atoms with Crippen LogP contribution in [0.15, 0.2) is 59.2 Å². The number of piperidine rings is 1. The zero-order chi connectivity index (χ0) is 34.8. The third-order valence-corrected chi connectivity index (χ3v) is 8.49. The number of amides is 4. The first-order chi connectivity index (χ1) is 23.0. The second-order valence-electron chi connectivity index (χ2n) is 12.4. The van der Waals surface area contributed by atoms with Crippen LogP contribution in [0.1, 0.15) is 59.5 Å². The molecule has 0 bridgehead atoms. The first-order valence-electron chi connectivity index (χ1n) is 16.4. The molecule has 0 saturated carbocycles. The van der Waals surface area contributed by atoms with Gasteiger partial charge in [-0.3, -0.25) is 19.2 Å². The number of benzene rings is 2. The molecule has 12 heteroatoms. The van der Waals surface area contributed by atoms with Gasteiger partial charge in [0.15, 0.2) is 23.1 Å². The van der Waals surface area contributed by atoms with Crippen molar-refractivity contribution < 1.29 is 33.1 Å². The summed E-state index contributed by atoms with van der Waals surface area (Å²) in [5.41, 5.74) is 2.05. The minimum atomic E-state index is -0.612. The molecule has 258 valence electrons. The van der Waals surface area contributed by atoms with E-state index in [1.54, 1.807) is 34.9 Å². The Morgan fingerprint density at radius 2 is 1.69 bits per heavy atom. The van der Waals surface area contributed by atoms with Crippen LogP contribution in [0.5, 0.6) is 11.5 Å². The van der Waals surface area contributed by atoms with Gasteiger partial charge in [-0.2, -0.15) is 0 Å². The van der Waals surface area contributed by atoms with Crippen LogP contribution in [0.4, 0.5) is 0 Å². The Labute approximate surface area is 282 Å². The van der Waals surface area contributed by atoms with E-state index in [4.69, 9.17) is 13.9 Å². The maximum atomic E-state index is 13.5. The van der Waals surface area contributed by atoms with Crippen molar-refractivity contribution in [3.63, 3.8) is 0 Å². The molecule has 12 nitrogen and oxygen atoms in total. The van der Waals surface area contributed by atoms with E-state index in [1.165, 1.54) is 38.8 Å². The van der Waals surface area contributed by atoms with Crippen LogP contribution in [-0.2, 0) is 16.0 Å². The Morgan fingerprint density at radius 1 is 0.979 bits per heavy atom. The molecule has 2 saturated heterocycles. The molecule has 3 aromatic rings. The van der Waals surface area contributed by atoms with Crippen molar-refractivity contribution in [3.05, 3.63) is 77.5 Å². The molecule has 0 radical (unpaired) electrons. The summed E-state index contributed by atoms with van der Waals surface area (Å²) in [6.45, 7) is 8.71. The summed E-state index contributed by atoms with van der Waals surface area (Å²) in [5, 5.41) is 5.15. The zero-order valence-corrected chi connectivity index (χ0v) is 28.7. The summed E-state index contributed by atoms with van der Waals surface area (Å²) < 4.78 is 16.4. The van der Waals surface area contributed by atoms with Gasteiger partial charge in [0.25, 0.3) is 11.8 Å². The number of oxazole rings is 1. The number of rotatable bonds is 10. The Kier molecular flexibility index (Phi) is 12.6. The van der Waals surface area contributed by atoms with Crippen molar-refractivity contribution in [3.8, 4) is 11.5 Å². The lowest BCUT2D eigenvalue weighted by molar-refractivity contribution is -0.131. The molecule has 0 aliphatic carbocycles. The summed E-state index contributed by atoms with van der Waals surface area (Å²) in [6, 6.07) is 15.6. The van der Waals surface area contributed by atoms with Gasteiger partial charge in [0.2, 0.25) is 11.8 Å². The lowest BCUT2D eigenvalue weighted by Gasteiger charge is -2.39. The van der Waals surface area contributed by atoms with Crippen LogP contribution in [0.25, 0.3) is 0 Å². The average Bonchev–Trinajstić information content (AvgIpc) is 3.73. The molecule has 2 aliphatic rings. The number of aromatic nitrogens is 1. The van der Waals surface area contributed by atoms with E-state index >= 15 is 0 Å². The summed E-state index contributed by atoms with van der Waals surface area (Å²) in [5.74, 6) is -0.782. The van der Waals surface area contributed by atoms with Gasteiger partial charge in [-0.25, -0.2) is 4.98 Å². The Bertz CT molecular complexity index is 1560. The average molecular weight is 662 g/mol. The third-order valence-electron chi connectivity index (χ3n) is 8.49. The van der Waals surface area contributed by atoms with E-state index in [0.717, 1.165) is 0 Å². The lowest BCUT2D eigenvalue weighted by Crippen LogP contribution is -2.53. The predicted molar refractivity (Wildman–Crippen MR) is 180 cm³/mol. The molecule has 5 rings (SSSR count). The number of nitrogens with zero attached hydrogens (tertiary/aromatic N) is 3. The number of methoxy groups -OCH3 is 1. The smallest absolute Gasteiger partial charge is 0.275 e. The Morgan fingerprint density at radius 3 is 2.29 bits per heavy atom. The molecule has 3 unspecified atom stereocenters. The Hall–Kier alpha value is -4.87. The van der Waals surface area contributed by atoms with Gasteiger partial charge in [-0.1, -0.05) is 43.7 Å². The lowest BCUT2D eigenvalue weighted by atomic mass is 9.79. The number of hydrogen-bond acceptors (Lipinski definition) is 8. The molecular formula is C36H47N5O7. The van der Waals surface area contributed by atoms with Crippen LogP contribution >= 0.6 is 0 Å². The second-order valence-corrected chi connectivity index (χ2v) is 12.4. The molecule has 0 spiro atoms. The van der Waals surface area contributed by atoms with Gasteiger partial charge in [-0.05, 0) is 55.9 Å². The van der Waals surface area contributed by atoms with Gasteiger partial charge >= 0.3 is 0 Å². The number of carbonyl (C=O) groups excluding carboxylic acids is 4. The fourth-order valence-electron chi connectivity index (χ4n) is 6.16. The highest BCUT2D eigenvalue weighted by atomic mass is 16.5. The monoisotopic (exact) mass is 661 g/mol. The van der Waals surface area contributed by atoms with Crippen LogP contribution in [0.3, 0.4) is 0 Å². The molecule has 2 N–H and O–H groups in total. The van der Waals surface area contributed by atoms with E-state index < -0.39 is 5.92 Å². The molecule has 2 aromatic carbocycles. The SMILES string of the molecule is CCCc1ccccc1.CNC(=O)CNC(=O)C1CN(C(=O)c2coc(C)n2)CC2CN(C(=O)c3ccc(OC(C)C)c(OC)c3)CC21. The number of likely N-dealkylation sites (N-methyl/N-ethyl adjacent to an activating group) is 1. The molecule has 2 fully saturated rings. The molecule has 3 atom stereocenters. The van der Waals surface area contributed by atoms with Crippen LogP contribution in [-0.4, -0.2) is 91.4 Å². The predicted octanol–water partition coefficient (Wildman–Crippen LogP) is 3.74. The first kappa shape index (κ1) is 36.0. The highest BCUT2D eigenvalue weighted by Crippen LogP contribution is 2.37. The number of fused-ring (bicyclic) bond motifs is 1. The van der Waals surface area contributed by atoms with Gasteiger partial charge in [0.05, 0.1) is 25.7 Å². The van der Waals surface area contributed by atoms with E-state index in [1.807, 2.05) is 13.8 Å². The maximum absolute atomic E-state index is 13.5. The van der Waals surface area contributed by atoms with Crippen molar-refractivity contribution in [1.82, 2.24) is 25.4 Å². The van der Waals surface area contributed by atoms with Crippen molar-refractivity contribution >= 4 is 23.6 Å². The van der Waals surface area contributed by atoms with Gasteiger partial charge in [0, 0.05) is 45.7 Å². The zero-order valence-electron chi connectivity index (χ0n) is 28.7. The molecular weight excluding hydrogens is 614 g/mol. The second kappa shape index (κ2) is 16.8. The van der Waals surface area contributed by atoms with Crippen molar-refractivity contribution in [2.45, 2.75) is 46.6 Å². The topological polar surface area (TPSA) is 143 Å². The number of carbonyl (C=O) groups is 4. The van der Waals surface area contributed by atoms with E-state index in [9.17, 15) is 19.2 Å². The third kappa shape index (κ3) is 9.14. The summed E-state index contributed by atoms with van der Waals surface area (Å²) in [7, 11) is 3.01. The van der Waals surface area contributed by atoms with Gasteiger partial charge in [0.1, 0.15) is 6.26 Å². The van der Waals surface area contributed by atoms with E-state index in [0.29, 0.717) is 42.6 Å². The minimum Gasteiger partial charge on any atom is -0.493 e. The minimum absolute atomic E-state index is 0.0551. The fourth-order valence-corrected chi connectivity index (χ4v) is 6.16. The van der Waals surface area contributed by atoms with Gasteiger partial charge < -0.3 is 34.3 Å². The molecule has 2 aliphatic heterocycles. The first-order valence-corrected chi connectivity index (χ1v) is 16.4. The van der Waals surface area contributed by atoms with Crippen LogP contribution < -0.4 is 20.1 Å². The maximum Gasteiger partial charge on any atom is 0.275 e. The highest BCUT2D eigenvalue weighted by Gasteiger charge is 2.48. The van der Waals surface area contributed by atoms with E-state index in [-0.39, 0.29) is 60.4 Å². The summed E-state index contributed by atoms with van der Waals surface area (Å²) in [6.07, 6.45) is 3.69. The summed E-state index contributed by atoms with van der Waals surface area (Å²) in [4.78, 5) is 59.1. The molecule has 3 heterocycles. The normalized spacial score (nSPS) is 18.4. The standard InChI is InChI=1S/C27H35N5O7.C9H12/c1-15(2)39-22-7-6-17(8-23(22)37-5)26(35)31-10-18-11-32(27(36)21-14-38-16(3)30-21)13-20(19(18)12-31)25(34)29-9-24(33)28-4;1-2-6-9-7-4-3-5-8-9/h6-8,14-15,18-20H,9-13H2,1-5H3,(H,28,33)(H,29,34);3-5,7-8H,2,6H2,1H3. The van der Waals surface area contributed by atoms with Crippen molar-refractivity contribution in [1.29, 1.82) is 0 Å². The fraction of sp³-hybridized carbons (Fsp3) is 0.472. The number of likely N-dealkylation sites (tertiary alicyclic amines) is 2. The van der Waals surface area contributed by atoms with Crippen LogP contribution in [0.2, 0.25) is 0 Å². The number of ether oxygens (including phenoxy) is 2. The number of aryl methyl sites for hydroxylation is 2. The number of hydrogen-bond donors (Lipinski definition) is 2. The number of nitrogens with one attached hydrogen (secondary N) is 2. The Balaban J connectivity index is 0.000000500. The highest BCUT2D eigenvalue weighted by molar-refractivity contribution is 5.96. The molecule has 1 aromatic heterocycles. The summed E-state index contributed by atoms with van der Waals surface area (Å²) >= 11 is 0. The van der Waals surface area contributed by atoms with Crippen molar-refractivity contribution in [2.24, 2.45) is 17.8 Å². The largest absolute Gasteiger partial charge is 0.493 e. The molecule has 4 amide bonds. The van der Waals surface area contributed by atoms with E-state index in [2.05, 4.69) is 52.9 Å². The van der Waals surface area contributed by atoms with Crippen LogP contribution in [0, 0.1) is 24.7 Å². The van der Waals surface area contributed by atoms with Crippen molar-refractivity contribution in [2.75, 3.05) is 46.9 Å². The molecule has 48 heavy (non-hydrogen) atoms. The quantitative estimate of drug-likeness (QED) is 0.335.